The fourth-order valence-corrected chi connectivity index (χ4v) is 4.13. The zero-order valence-corrected chi connectivity index (χ0v) is 24.3. The number of nitrogens with zero attached hydrogens (tertiary/aromatic N) is 1. The summed E-state index contributed by atoms with van der Waals surface area (Å²) in [6.45, 7) is 10.3. The lowest BCUT2D eigenvalue weighted by atomic mass is 9.95. The Morgan fingerprint density at radius 1 is 1.02 bits per heavy atom. The monoisotopic (exact) mass is 555 g/mol. The van der Waals surface area contributed by atoms with Crippen LogP contribution in [0.1, 0.15) is 63.8 Å². The lowest BCUT2D eigenvalue weighted by Gasteiger charge is -2.38. The first-order chi connectivity index (χ1) is 18.8. The van der Waals surface area contributed by atoms with Crippen LogP contribution in [0, 0.1) is 6.92 Å². The van der Waals surface area contributed by atoms with Gasteiger partial charge in [-0.1, -0.05) is 43.3 Å². The van der Waals surface area contributed by atoms with E-state index in [4.69, 9.17) is 4.74 Å². The van der Waals surface area contributed by atoms with Crippen molar-refractivity contribution < 1.29 is 33.8 Å². The third-order valence-electron chi connectivity index (χ3n) is 6.33. The van der Waals surface area contributed by atoms with Crippen molar-refractivity contribution in [2.45, 2.75) is 78.1 Å². The molecule has 0 aliphatic heterocycles. The number of hydrogen-bond donors (Lipinski definition) is 3. The summed E-state index contributed by atoms with van der Waals surface area (Å²) in [5.41, 5.74) is 1.24. The molecule has 2 rings (SSSR count). The molecule has 3 atom stereocenters. The maximum atomic E-state index is 14.4. The van der Waals surface area contributed by atoms with Crippen molar-refractivity contribution in [2.24, 2.45) is 0 Å². The Labute approximate surface area is 236 Å². The van der Waals surface area contributed by atoms with Crippen LogP contribution in [0.25, 0.3) is 0 Å². The third kappa shape index (κ3) is 9.29. The van der Waals surface area contributed by atoms with E-state index >= 15 is 0 Å². The van der Waals surface area contributed by atoms with Gasteiger partial charge in [0.05, 0.1) is 7.11 Å². The second-order valence-electron chi connectivity index (χ2n) is 10.6. The largest absolute Gasteiger partial charge is 0.508 e. The summed E-state index contributed by atoms with van der Waals surface area (Å²) in [5, 5.41) is 15.0. The van der Waals surface area contributed by atoms with Crippen molar-refractivity contribution in [3.8, 4) is 5.75 Å². The molecule has 2 aromatic rings. The van der Waals surface area contributed by atoms with Gasteiger partial charge in [-0.2, -0.15) is 0 Å². The van der Waals surface area contributed by atoms with Crippen LogP contribution in [-0.4, -0.2) is 65.2 Å². The van der Waals surface area contributed by atoms with E-state index < -0.39 is 47.6 Å². The number of ether oxygens (including phenoxy) is 2. The Hall–Kier alpha value is -4.08. The molecular weight excluding hydrogens is 514 g/mol. The van der Waals surface area contributed by atoms with E-state index in [0.717, 1.165) is 5.56 Å². The fourth-order valence-electron chi connectivity index (χ4n) is 4.13. The van der Waals surface area contributed by atoms with E-state index in [1.165, 1.54) is 24.1 Å². The van der Waals surface area contributed by atoms with E-state index in [0.29, 0.717) is 17.5 Å². The van der Waals surface area contributed by atoms with Crippen molar-refractivity contribution in [3.63, 3.8) is 0 Å². The van der Waals surface area contributed by atoms with E-state index in [1.54, 1.807) is 45.0 Å². The number of esters is 1. The van der Waals surface area contributed by atoms with Gasteiger partial charge in [0.25, 0.3) is 0 Å². The number of aryl methyl sites for hydroxylation is 1. The van der Waals surface area contributed by atoms with Crippen LogP contribution in [0.3, 0.4) is 0 Å². The van der Waals surface area contributed by atoms with Gasteiger partial charge in [0.1, 0.15) is 30.0 Å². The summed E-state index contributed by atoms with van der Waals surface area (Å²) >= 11 is 0. The summed E-state index contributed by atoms with van der Waals surface area (Å²) in [5.74, 6) is -1.63. The van der Waals surface area contributed by atoms with E-state index in [1.807, 2.05) is 32.9 Å². The molecule has 0 saturated carbocycles. The van der Waals surface area contributed by atoms with Crippen LogP contribution in [0.2, 0.25) is 0 Å². The number of carbonyl (C=O) groups is 4. The van der Waals surface area contributed by atoms with Gasteiger partial charge in [0.15, 0.2) is 0 Å². The van der Waals surface area contributed by atoms with Crippen LogP contribution < -0.4 is 10.6 Å². The molecule has 10 heteroatoms. The third-order valence-corrected chi connectivity index (χ3v) is 6.33. The summed E-state index contributed by atoms with van der Waals surface area (Å²) in [4.78, 5) is 54.1. The van der Waals surface area contributed by atoms with Gasteiger partial charge in [-0.25, -0.2) is 4.79 Å². The predicted octanol–water partition coefficient (Wildman–Crippen LogP) is 3.79. The molecule has 0 fully saturated rings. The molecule has 0 aliphatic carbocycles. The summed E-state index contributed by atoms with van der Waals surface area (Å²) in [6, 6.07) is 10.9. The highest BCUT2D eigenvalue weighted by Crippen LogP contribution is 2.29. The van der Waals surface area contributed by atoms with Gasteiger partial charge in [0, 0.05) is 12.5 Å². The second kappa shape index (κ2) is 14.3. The zero-order valence-electron chi connectivity index (χ0n) is 24.3. The number of amides is 3. The Bertz CT molecular complexity index is 1170. The average molecular weight is 556 g/mol. The predicted molar refractivity (Wildman–Crippen MR) is 151 cm³/mol. The zero-order chi connectivity index (χ0) is 30.0. The number of phenols is 1. The highest BCUT2D eigenvalue weighted by Gasteiger charge is 2.39. The smallest absolute Gasteiger partial charge is 0.408 e. The van der Waals surface area contributed by atoms with Gasteiger partial charge >= 0.3 is 12.1 Å². The molecule has 0 bridgehead atoms. The van der Waals surface area contributed by atoms with Crippen molar-refractivity contribution in [2.75, 3.05) is 13.7 Å². The molecule has 0 heterocycles. The first-order valence-electron chi connectivity index (χ1n) is 13.3. The minimum absolute atomic E-state index is 0.0647. The minimum Gasteiger partial charge on any atom is -0.508 e. The van der Waals surface area contributed by atoms with Gasteiger partial charge < -0.3 is 30.1 Å². The van der Waals surface area contributed by atoms with E-state index in [-0.39, 0.29) is 18.7 Å². The average Bonchev–Trinajstić information content (AvgIpc) is 2.89. The van der Waals surface area contributed by atoms with Crippen molar-refractivity contribution in [3.05, 3.63) is 65.2 Å². The number of methoxy groups -OCH3 is 1. The Morgan fingerprint density at radius 2 is 1.65 bits per heavy atom. The standard InChI is InChI=1S/C30H41N3O7/c1-8-20(3)33(26(23-12-10-9-11-19(23)2)27(36)31-18-25(35)39-7)28(37)24(32-29(38)40-30(4,5)6)17-21-13-15-22(34)16-14-21/h9-16,20,24,26,34H,8,17-18H2,1-7H3,(H,31,36)(H,32,38). The van der Waals surface area contributed by atoms with Gasteiger partial charge in [-0.05, 0) is 69.9 Å². The van der Waals surface area contributed by atoms with Gasteiger partial charge in [-0.3, -0.25) is 14.4 Å². The molecule has 3 unspecified atom stereocenters. The molecule has 218 valence electrons. The number of nitrogens with one attached hydrogen (secondary N) is 2. The molecule has 10 nitrogen and oxygen atoms in total. The molecular formula is C30H41N3O7. The molecule has 0 spiro atoms. The highest BCUT2D eigenvalue weighted by atomic mass is 16.6. The van der Waals surface area contributed by atoms with Gasteiger partial charge in [-0.15, -0.1) is 0 Å². The topological polar surface area (TPSA) is 134 Å². The molecule has 0 aromatic heterocycles. The number of aromatic hydroxyl groups is 1. The number of alkyl carbamates (subject to hydrolysis) is 1. The Balaban J connectivity index is 2.59. The number of carbonyl (C=O) groups excluding carboxylic acids is 4. The maximum Gasteiger partial charge on any atom is 0.408 e. The number of hydrogen-bond acceptors (Lipinski definition) is 7. The second-order valence-corrected chi connectivity index (χ2v) is 10.6. The molecule has 0 radical (unpaired) electrons. The summed E-state index contributed by atoms with van der Waals surface area (Å²) in [7, 11) is 1.22. The molecule has 0 saturated heterocycles. The number of benzene rings is 2. The van der Waals surface area contributed by atoms with E-state index in [9.17, 15) is 24.3 Å². The molecule has 3 amide bonds. The first kappa shape index (κ1) is 32.1. The van der Waals surface area contributed by atoms with Crippen molar-refractivity contribution >= 4 is 23.9 Å². The van der Waals surface area contributed by atoms with Crippen LogP contribution >= 0.6 is 0 Å². The van der Waals surface area contributed by atoms with Crippen LogP contribution in [-0.2, 0) is 30.3 Å². The quantitative estimate of drug-likeness (QED) is 0.359. The molecule has 40 heavy (non-hydrogen) atoms. The van der Waals surface area contributed by atoms with Crippen molar-refractivity contribution in [1.82, 2.24) is 15.5 Å². The van der Waals surface area contributed by atoms with Crippen LogP contribution in [0.4, 0.5) is 4.79 Å². The SMILES string of the molecule is CCC(C)N(C(=O)C(Cc1ccc(O)cc1)NC(=O)OC(C)(C)C)C(C(=O)NCC(=O)OC)c1ccccc1C. The van der Waals surface area contributed by atoms with E-state index in [2.05, 4.69) is 15.4 Å². The lowest BCUT2D eigenvalue weighted by Crippen LogP contribution is -2.56. The first-order valence-corrected chi connectivity index (χ1v) is 13.3. The Kier molecular flexibility index (Phi) is 11.5. The summed E-state index contributed by atoms with van der Waals surface area (Å²) < 4.78 is 10.1. The van der Waals surface area contributed by atoms with Crippen LogP contribution in [0.15, 0.2) is 48.5 Å². The van der Waals surface area contributed by atoms with Gasteiger partial charge in [0.2, 0.25) is 11.8 Å². The summed E-state index contributed by atoms with van der Waals surface area (Å²) in [6.07, 6.45) is -0.192. The normalized spacial score (nSPS) is 13.4. The number of phenolic OH excluding ortho intramolecular Hbond substituents is 1. The molecule has 3 N–H and O–H groups in total. The number of rotatable bonds is 11. The maximum absolute atomic E-state index is 14.4. The fraction of sp³-hybridized carbons (Fsp3) is 0.467. The molecule has 0 aliphatic rings. The molecule has 2 aromatic carbocycles. The Morgan fingerprint density at radius 3 is 2.20 bits per heavy atom. The lowest BCUT2D eigenvalue weighted by molar-refractivity contribution is -0.146. The van der Waals surface area contributed by atoms with Crippen molar-refractivity contribution in [1.29, 1.82) is 0 Å². The van der Waals surface area contributed by atoms with Crippen LogP contribution in [0.5, 0.6) is 5.75 Å². The highest BCUT2D eigenvalue weighted by molar-refractivity contribution is 5.93. The minimum atomic E-state index is -1.10.